The zero-order valence-electron chi connectivity index (χ0n) is 9.13. The molecule has 3 rings (SSSR count). The normalized spacial score (nSPS) is 10.9. The van der Waals surface area contributed by atoms with Gasteiger partial charge in [-0.3, -0.25) is 4.57 Å². The SMILES string of the molecule is Cc1nc(Cl)c2c(ncn2-c2ccccc2)n1. The van der Waals surface area contributed by atoms with E-state index in [1.807, 2.05) is 34.9 Å². The molecule has 0 amide bonds. The molecule has 0 saturated heterocycles. The van der Waals surface area contributed by atoms with E-state index < -0.39 is 0 Å². The molecule has 84 valence electrons. The zero-order valence-corrected chi connectivity index (χ0v) is 9.89. The molecule has 0 aliphatic heterocycles. The number of hydrogen-bond acceptors (Lipinski definition) is 3. The Balaban J connectivity index is 2.32. The molecule has 3 aromatic rings. The van der Waals surface area contributed by atoms with Crippen molar-refractivity contribution >= 4 is 22.8 Å². The zero-order chi connectivity index (χ0) is 11.8. The Morgan fingerprint density at radius 3 is 2.65 bits per heavy atom. The van der Waals surface area contributed by atoms with Gasteiger partial charge in [-0.25, -0.2) is 15.0 Å². The molecule has 0 bridgehead atoms. The smallest absolute Gasteiger partial charge is 0.182 e. The minimum Gasteiger partial charge on any atom is -0.295 e. The summed E-state index contributed by atoms with van der Waals surface area (Å²) in [6.07, 6.45) is 1.71. The highest BCUT2D eigenvalue weighted by Gasteiger charge is 2.11. The van der Waals surface area contributed by atoms with Gasteiger partial charge >= 0.3 is 0 Å². The number of hydrogen-bond donors (Lipinski definition) is 0. The maximum absolute atomic E-state index is 6.15. The molecule has 2 heterocycles. The summed E-state index contributed by atoms with van der Waals surface area (Å²) < 4.78 is 1.89. The minimum atomic E-state index is 0.425. The first-order valence-electron chi connectivity index (χ1n) is 5.18. The van der Waals surface area contributed by atoms with Crippen molar-refractivity contribution in [1.82, 2.24) is 19.5 Å². The Bertz CT molecular complexity index is 676. The lowest BCUT2D eigenvalue weighted by molar-refractivity contribution is 1.06. The summed E-state index contributed by atoms with van der Waals surface area (Å²) in [6, 6.07) is 9.85. The first-order valence-corrected chi connectivity index (χ1v) is 5.56. The van der Waals surface area contributed by atoms with Crippen molar-refractivity contribution in [2.75, 3.05) is 0 Å². The molecule has 2 aromatic heterocycles. The monoisotopic (exact) mass is 244 g/mol. The van der Waals surface area contributed by atoms with Gasteiger partial charge in [0.25, 0.3) is 0 Å². The summed E-state index contributed by atoms with van der Waals surface area (Å²) in [5, 5.41) is 0.425. The van der Waals surface area contributed by atoms with Crippen LogP contribution in [-0.4, -0.2) is 19.5 Å². The lowest BCUT2D eigenvalue weighted by atomic mass is 10.3. The first kappa shape index (κ1) is 10.2. The second kappa shape index (κ2) is 3.82. The lowest BCUT2D eigenvalue weighted by Gasteiger charge is -2.04. The van der Waals surface area contributed by atoms with Crippen LogP contribution < -0.4 is 0 Å². The van der Waals surface area contributed by atoms with Gasteiger partial charge in [-0.1, -0.05) is 29.8 Å². The van der Waals surface area contributed by atoms with E-state index in [0.717, 1.165) is 11.2 Å². The second-order valence-electron chi connectivity index (χ2n) is 3.68. The van der Waals surface area contributed by atoms with Crippen LogP contribution >= 0.6 is 11.6 Å². The van der Waals surface area contributed by atoms with Crippen LogP contribution in [0.3, 0.4) is 0 Å². The first-order chi connectivity index (χ1) is 8.25. The van der Waals surface area contributed by atoms with Gasteiger partial charge in [0, 0.05) is 5.69 Å². The Morgan fingerprint density at radius 1 is 1.12 bits per heavy atom. The number of nitrogens with zero attached hydrogens (tertiary/aromatic N) is 4. The van der Waals surface area contributed by atoms with Crippen molar-refractivity contribution in [3.63, 3.8) is 0 Å². The van der Waals surface area contributed by atoms with Crippen molar-refractivity contribution in [2.45, 2.75) is 6.92 Å². The molecule has 0 atom stereocenters. The summed E-state index contributed by atoms with van der Waals surface area (Å²) in [5.41, 5.74) is 2.35. The van der Waals surface area contributed by atoms with Gasteiger partial charge in [0.15, 0.2) is 10.8 Å². The van der Waals surface area contributed by atoms with Crippen LogP contribution in [0.15, 0.2) is 36.7 Å². The molecule has 0 fully saturated rings. The number of fused-ring (bicyclic) bond motifs is 1. The molecule has 0 spiro atoms. The van der Waals surface area contributed by atoms with Crippen LogP contribution in [0.4, 0.5) is 0 Å². The Kier molecular flexibility index (Phi) is 2.30. The van der Waals surface area contributed by atoms with E-state index in [1.54, 1.807) is 13.3 Å². The van der Waals surface area contributed by atoms with Crippen LogP contribution in [0.1, 0.15) is 5.82 Å². The number of benzene rings is 1. The predicted octanol–water partition coefficient (Wildman–Crippen LogP) is 2.78. The summed E-state index contributed by atoms with van der Waals surface area (Å²) >= 11 is 6.15. The highest BCUT2D eigenvalue weighted by atomic mass is 35.5. The number of para-hydroxylation sites is 1. The van der Waals surface area contributed by atoms with Crippen molar-refractivity contribution in [1.29, 1.82) is 0 Å². The van der Waals surface area contributed by atoms with Gasteiger partial charge in [-0.2, -0.15) is 0 Å². The van der Waals surface area contributed by atoms with E-state index in [2.05, 4.69) is 15.0 Å². The van der Waals surface area contributed by atoms with E-state index in [-0.39, 0.29) is 0 Å². The topological polar surface area (TPSA) is 43.6 Å². The predicted molar refractivity (Wildman–Crippen MR) is 66.4 cm³/mol. The van der Waals surface area contributed by atoms with Gasteiger partial charge in [0.1, 0.15) is 17.7 Å². The number of aromatic nitrogens is 4. The van der Waals surface area contributed by atoms with E-state index in [9.17, 15) is 0 Å². The largest absolute Gasteiger partial charge is 0.295 e. The standard InChI is InChI=1S/C12H9ClN4/c1-8-15-11(13)10-12(16-8)14-7-17(10)9-5-3-2-4-6-9/h2-7H,1H3. The summed E-state index contributed by atoms with van der Waals surface area (Å²) in [6.45, 7) is 1.80. The van der Waals surface area contributed by atoms with E-state index in [4.69, 9.17) is 11.6 Å². The van der Waals surface area contributed by atoms with Crippen LogP contribution in [0.2, 0.25) is 5.15 Å². The summed E-state index contributed by atoms with van der Waals surface area (Å²) in [7, 11) is 0. The Hall–Kier alpha value is -1.94. The molecule has 0 aliphatic rings. The van der Waals surface area contributed by atoms with Crippen LogP contribution in [-0.2, 0) is 0 Å². The summed E-state index contributed by atoms with van der Waals surface area (Å²) in [4.78, 5) is 12.7. The maximum atomic E-state index is 6.15. The van der Waals surface area contributed by atoms with E-state index in [1.165, 1.54) is 0 Å². The third kappa shape index (κ3) is 1.66. The molecule has 0 saturated carbocycles. The fourth-order valence-corrected chi connectivity index (χ4v) is 2.07. The highest BCUT2D eigenvalue weighted by Crippen LogP contribution is 2.22. The van der Waals surface area contributed by atoms with Crippen molar-refractivity contribution in [3.05, 3.63) is 47.6 Å². The average molecular weight is 245 g/mol. The summed E-state index contributed by atoms with van der Waals surface area (Å²) in [5.74, 6) is 0.626. The number of aryl methyl sites for hydroxylation is 1. The average Bonchev–Trinajstić information content (AvgIpc) is 2.74. The molecule has 0 radical (unpaired) electrons. The minimum absolute atomic E-state index is 0.425. The van der Waals surface area contributed by atoms with Crippen molar-refractivity contribution in [2.24, 2.45) is 0 Å². The van der Waals surface area contributed by atoms with Gasteiger partial charge in [-0.05, 0) is 19.1 Å². The fraction of sp³-hybridized carbons (Fsp3) is 0.0833. The Morgan fingerprint density at radius 2 is 1.88 bits per heavy atom. The molecule has 0 aliphatic carbocycles. The highest BCUT2D eigenvalue weighted by molar-refractivity contribution is 6.33. The number of halogens is 1. The van der Waals surface area contributed by atoms with Crippen LogP contribution in [0, 0.1) is 6.92 Å². The van der Waals surface area contributed by atoms with Gasteiger partial charge < -0.3 is 0 Å². The molecular formula is C12H9ClN4. The molecule has 5 heteroatoms. The van der Waals surface area contributed by atoms with Gasteiger partial charge in [-0.15, -0.1) is 0 Å². The van der Waals surface area contributed by atoms with E-state index in [0.29, 0.717) is 16.6 Å². The third-order valence-electron chi connectivity index (χ3n) is 2.51. The number of imidazole rings is 1. The molecule has 1 aromatic carbocycles. The maximum Gasteiger partial charge on any atom is 0.182 e. The van der Waals surface area contributed by atoms with E-state index >= 15 is 0 Å². The number of rotatable bonds is 1. The molecule has 4 nitrogen and oxygen atoms in total. The fourth-order valence-electron chi connectivity index (χ4n) is 1.77. The molecule has 0 unspecified atom stereocenters. The third-order valence-corrected chi connectivity index (χ3v) is 2.77. The lowest BCUT2D eigenvalue weighted by Crippen LogP contribution is -1.95. The van der Waals surface area contributed by atoms with Gasteiger partial charge in [0.05, 0.1) is 0 Å². The van der Waals surface area contributed by atoms with Crippen LogP contribution in [0.5, 0.6) is 0 Å². The molecule has 17 heavy (non-hydrogen) atoms. The van der Waals surface area contributed by atoms with Crippen molar-refractivity contribution < 1.29 is 0 Å². The second-order valence-corrected chi connectivity index (χ2v) is 4.04. The Labute approximate surface area is 103 Å². The van der Waals surface area contributed by atoms with Crippen molar-refractivity contribution in [3.8, 4) is 5.69 Å². The van der Waals surface area contributed by atoms with Gasteiger partial charge in [0.2, 0.25) is 0 Å². The molecular weight excluding hydrogens is 236 g/mol. The molecule has 0 N–H and O–H groups in total. The van der Waals surface area contributed by atoms with Crippen LogP contribution in [0.25, 0.3) is 16.9 Å². The quantitative estimate of drug-likeness (QED) is 0.618.